The predicted octanol–water partition coefficient (Wildman–Crippen LogP) is 4.85. The van der Waals surface area contributed by atoms with Crippen molar-refractivity contribution in [1.29, 1.82) is 5.26 Å². The maximum Gasteiger partial charge on any atom is 0.266 e. The summed E-state index contributed by atoms with van der Waals surface area (Å²) in [5, 5.41) is 12.2. The lowest BCUT2D eigenvalue weighted by Crippen LogP contribution is -2.14. The van der Waals surface area contributed by atoms with Gasteiger partial charge < -0.3 is 14.8 Å². The van der Waals surface area contributed by atoms with Crippen LogP contribution in [0.1, 0.15) is 12.5 Å². The maximum absolute atomic E-state index is 12.4. The third-order valence-corrected chi connectivity index (χ3v) is 5.08. The van der Waals surface area contributed by atoms with E-state index < -0.39 is 5.91 Å². The summed E-state index contributed by atoms with van der Waals surface area (Å²) in [4.78, 5) is 12.4. The second kappa shape index (κ2) is 9.78. The fourth-order valence-corrected chi connectivity index (χ4v) is 3.48. The maximum atomic E-state index is 12.4. The second-order valence-corrected chi connectivity index (χ2v) is 7.40. The van der Waals surface area contributed by atoms with E-state index in [9.17, 15) is 10.1 Å². The summed E-state index contributed by atoms with van der Waals surface area (Å²) in [7, 11) is 1.55. The van der Waals surface area contributed by atoms with Gasteiger partial charge in [0.2, 0.25) is 0 Å². The molecule has 0 heterocycles. The van der Waals surface area contributed by atoms with Crippen molar-refractivity contribution in [3.8, 4) is 17.6 Å². The number of anilines is 1. The summed E-state index contributed by atoms with van der Waals surface area (Å²) in [5.41, 5.74) is 1.36. The number of ether oxygens (including phenoxy) is 2. The van der Waals surface area contributed by atoms with Crippen molar-refractivity contribution in [2.24, 2.45) is 0 Å². The van der Waals surface area contributed by atoms with Gasteiger partial charge in [0.15, 0.2) is 11.5 Å². The second-order valence-electron chi connectivity index (χ2n) is 5.07. The first kappa shape index (κ1) is 20.5. The van der Waals surface area contributed by atoms with Crippen molar-refractivity contribution in [3.05, 3.63) is 54.7 Å². The number of nitrogens with zero attached hydrogens (tertiary/aromatic N) is 1. The van der Waals surface area contributed by atoms with Gasteiger partial charge in [-0.3, -0.25) is 4.79 Å². The Morgan fingerprint density at radius 2 is 2.00 bits per heavy atom. The van der Waals surface area contributed by atoms with Gasteiger partial charge in [-0.25, -0.2) is 0 Å². The first-order valence-corrected chi connectivity index (χ1v) is 9.83. The molecule has 0 saturated heterocycles. The third kappa shape index (κ3) is 5.11. The van der Waals surface area contributed by atoms with Crippen molar-refractivity contribution >= 4 is 62.9 Å². The standard InChI is InChI=1S/C19H16I2N2O3/c1-3-26-18-15(21)9-12(10-17(18)25-2)8-13(11-22)19(24)23-16-7-5-4-6-14(16)20/h4-10H,3H2,1-2H3,(H,23,24)/b13-8-. The van der Waals surface area contributed by atoms with E-state index in [1.807, 2.05) is 37.3 Å². The number of methoxy groups -OCH3 is 1. The molecule has 7 heteroatoms. The Labute approximate surface area is 179 Å². The molecule has 0 aliphatic heterocycles. The molecule has 1 amide bonds. The summed E-state index contributed by atoms with van der Waals surface area (Å²) in [6, 6.07) is 12.9. The highest BCUT2D eigenvalue weighted by molar-refractivity contribution is 14.1. The zero-order valence-corrected chi connectivity index (χ0v) is 18.5. The number of halogens is 2. The van der Waals surface area contributed by atoms with Crippen LogP contribution in [0, 0.1) is 18.5 Å². The number of benzene rings is 2. The average Bonchev–Trinajstić information content (AvgIpc) is 2.63. The van der Waals surface area contributed by atoms with Gasteiger partial charge in [0.1, 0.15) is 11.6 Å². The molecule has 0 atom stereocenters. The van der Waals surface area contributed by atoms with Crippen molar-refractivity contribution in [2.45, 2.75) is 6.92 Å². The Balaban J connectivity index is 2.34. The molecule has 5 nitrogen and oxygen atoms in total. The van der Waals surface area contributed by atoms with E-state index in [1.54, 1.807) is 19.2 Å². The van der Waals surface area contributed by atoms with E-state index >= 15 is 0 Å². The van der Waals surface area contributed by atoms with E-state index in [0.29, 0.717) is 29.4 Å². The predicted molar refractivity (Wildman–Crippen MR) is 118 cm³/mol. The monoisotopic (exact) mass is 574 g/mol. The Hall–Kier alpha value is -1.80. The van der Waals surface area contributed by atoms with Crippen molar-refractivity contribution in [2.75, 3.05) is 19.0 Å². The van der Waals surface area contributed by atoms with Gasteiger partial charge in [0.25, 0.3) is 5.91 Å². The lowest BCUT2D eigenvalue weighted by molar-refractivity contribution is -0.112. The summed E-state index contributed by atoms with van der Waals surface area (Å²) < 4.78 is 12.7. The Morgan fingerprint density at radius 1 is 1.27 bits per heavy atom. The smallest absolute Gasteiger partial charge is 0.266 e. The molecule has 0 saturated carbocycles. The highest BCUT2D eigenvalue weighted by atomic mass is 127. The number of nitrogens with one attached hydrogen (secondary N) is 1. The fourth-order valence-electron chi connectivity index (χ4n) is 2.18. The van der Waals surface area contributed by atoms with Crippen molar-refractivity contribution in [3.63, 3.8) is 0 Å². The van der Waals surface area contributed by atoms with Crippen LogP contribution >= 0.6 is 45.2 Å². The molecule has 0 spiro atoms. The highest BCUT2D eigenvalue weighted by Gasteiger charge is 2.14. The van der Waals surface area contributed by atoms with Gasteiger partial charge in [-0.1, -0.05) is 12.1 Å². The lowest BCUT2D eigenvalue weighted by Gasteiger charge is -2.12. The minimum absolute atomic E-state index is 0.00617. The van der Waals surface area contributed by atoms with Gasteiger partial charge in [-0.2, -0.15) is 5.26 Å². The minimum Gasteiger partial charge on any atom is -0.493 e. The Bertz CT molecular complexity index is 889. The van der Waals surface area contributed by atoms with E-state index in [4.69, 9.17) is 9.47 Å². The molecule has 1 N–H and O–H groups in total. The fraction of sp³-hybridized carbons (Fsp3) is 0.158. The summed E-state index contributed by atoms with van der Waals surface area (Å²) in [6.45, 7) is 2.41. The van der Waals surface area contributed by atoms with Gasteiger partial charge in [-0.05, 0) is 88.0 Å². The first-order valence-electron chi connectivity index (χ1n) is 7.68. The van der Waals surface area contributed by atoms with Crippen LogP contribution in [0.5, 0.6) is 11.5 Å². The van der Waals surface area contributed by atoms with Crippen LogP contribution in [0.3, 0.4) is 0 Å². The number of nitriles is 1. The molecule has 0 aromatic heterocycles. The molecule has 0 unspecified atom stereocenters. The molecule has 0 radical (unpaired) electrons. The van der Waals surface area contributed by atoms with Crippen molar-refractivity contribution < 1.29 is 14.3 Å². The minimum atomic E-state index is -0.459. The number of carbonyl (C=O) groups is 1. The molecule has 2 aromatic rings. The van der Waals surface area contributed by atoms with Crippen LogP contribution in [0.2, 0.25) is 0 Å². The molecule has 0 aliphatic carbocycles. The number of rotatable bonds is 6. The van der Waals surface area contributed by atoms with Gasteiger partial charge >= 0.3 is 0 Å². The van der Waals surface area contributed by atoms with Gasteiger partial charge in [0, 0.05) is 3.57 Å². The van der Waals surface area contributed by atoms with Gasteiger partial charge in [-0.15, -0.1) is 0 Å². The molecular formula is C19H16I2N2O3. The molecule has 0 aliphatic rings. The van der Waals surface area contributed by atoms with Crippen LogP contribution in [-0.2, 0) is 4.79 Å². The summed E-state index contributed by atoms with van der Waals surface area (Å²) in [5.74, 6) is 0.745. The molecule has 2 rings (SSSR count). The number of hydrogen-bond acceptors (Lipinski definition) is 4. The molecule has 0 bridgehead atoms. The Kier molecular flexibility index (Phi) is 7.71. The molecule has 0 fully saturated rings. The topological polar surface area (TPSA) is 71.3 Å². The summed E-state index contributed by atoms with van der Waals surface area (Å²) in [6.07, 6.45) is 1.53. The number of para-hydroxylation sites is 1. The van der Waals surface area contributed by atoms with Crippen LogP contribution in [0.25, 0.3) is 6.08 Å². The highest BCUT2D eigenvalue weighted by Crippen LogP contribution is 2.34. The number of amides is 1. The average molecular weight is 574 g/mol. The number of carbonyl (C=O) groups excluding carboxylic acids is 1. The zero-order chi connectivity index (χ0) is 19.1. The molecular weight excluding hydrogens is 558 g/mol. The zero-order valence-electron chi connectivity index (χ0n) is 14.2. The molecule has 26 heavy (non-hydrogen) atoms. The lowest BCUT2D eigenvalue weighted by atomic mass is 10.1. The molecule has 2 aromatic carbocycles. The van der Waals surface area contributed by atoms with Crippen LogP contribution in [-0.4, -0.2) is 19.6 Å². The van der Waals surface area contributed by atoms with E-state index in [2.05, 4.69) is 50.5 Å². The normalized spacial score (nSPS) is 10.8. The first-order chi connectivity index (χ1) is 12.5. The Morgan fingerprint density at radius 3 is 2.62 bits per heavy atom. The van der Waals surface area contributed by atoms with Crippen LogP contribution < -0.4 is 14.8 Å². The van der Waals surface area contributed by atoms with Crippen LogP contribution in [0.4, 0.5) is 5.69 Å². The third-order valence-electron chi connectivity index (χ3n) is 3.34. The van der Waals surface area contributed by atoms with Gasteiger partial charge in [0.05, 0.1) is 23.0 Å². The molecule has 134 valence electrons. The largest absolute Gasteiger partial charge is 0.493 e. The van der Waals surface area contributed by atoms with E-state index in [-0.39, 0.29) is 5.57 Å². The van der Waals surface area contributed by atoms with E-state index in [1.165, 1.54) is 6.08 Å². The van der Waals surface area contributed by atoms with E-state index in [0.717, 1.165) is 7.14 Å². The van der Waals surface area contributed by atoms with Crippen molar-refractivity contribution in [1.82, 2.24) is 0 Å². The quantitative estimate of drug-likeness (QED) is 0.305. The SMILES string of the molecule is CCOc1c(I)cc(/C=C(/C#N)C(=O)Nc2ccccc2I)cc1OC. The summed E-state index contributed by atoms with van der Waals surface area (Å²) >= 11 is 4.27. The number of hydrogen-bond donors (Lipinski definition) is 1. The van der Waals surface area contributed by atoms with Crippen LogP contribution in [0.15, 0.2) is 42.0 Å².